The van der Waals surface area contributed by atoms with Crippen molar-refractivity contribution >= 4 is 17.5 Å². The van der Waals surface area contributed by atoms with Crippen molar-refractivity contribution in [3.8, 4) is 0 Å². The van der Waals surface area contributed by atoms with Crippen molar-refractivity contribution in [3.05, 3.63) is 30.1 Å². The van der Waals surface area contributed by atoms with E-state index in [0.29, 0.717) is 11.7 Å². The number of hydrogen-bond acceptors (Lipinski definition) is 3. The molecule has 0 spiro atoms. The first kappa shape index (κ1) is 20.8. The average Bonchev–Trinajstić information content (AvgIpc) is 2.69. The monoisotopic (exact) mass is 389 g/mol. The summed E-state index contributed by atoms with van der Waals surface area (Å²) in [7, 11) is 0. The zero-order valence-electron chi connectivity index (χ0n) is 17.2. The summed E-state index contributed by atoms with van der Waals surface area (Å²) in [4.78, 5) is 29.4. The van der Waals surface area contributed by atoms with Crippen LogP contribution in [-0.2, 0) is 9.59 Å². The van der Waals surface area contributed by atoms with Gasteiger partial charge in [-0.15, -0.1) is 0 Å². The molecular weight excluding hydrogens is 357 g/mol. The Morgan fingerprint density at radius 3 is 2.07 bits per heavy atom. The van der Waals surface area contributed by atoms with Crippen LogP contribution in [0.2, 0.25) is 0 Å². The van der Waals surface area contributed by atoms with Crippen LogP contribution in [0.25, 0.3) is 0 Å². The number of piperidine rings is 2. The standard InChI is InChI=1S/C22H32FN3O2/c1-22(2,3)21(28)26-14-10-19(11-15-26)25-12-8-16(9-13-25)20(27)24-18-6-4-17(23)5-7-18/h4-7,16,19H,8-15H2,1-3H3,(H,24,27). The predicted octanol–water partition coefficient (Wildman–Crippen LogP) is 3.51. The highest BCUT2D eigenvalue weighted by molar-refractivity contribution is 5.92. The molecule has 154 valence electrons. The SMILES string of the molecule is CC(C)(C)C(=O)N1CCC(N2CCC(C(=O)Nc3ccc(F)cc3)CC2)CC1. The highest BCUT2D eigenvalue weighted by atomic mass is 19.1. The summed E-state index contributed by atoms with van der Waals surface area (Å²) in [6.45, 7) is 9.41. The molecule has 1 aromatic carbocycles. The van der Waals surface area contributed by atoms with Gasteiger partial charge in [-0.2, -0.15) is 0 Å². The van der Waals surface area contributed by atoms with E-state index in [9.17, 15) is 14.0 Å². The summed E-state index contributed by atoms with van der Waals surface area (Å²) in [5.74, 6) is -0.0376. The van der Waals surface area contributed by atoms with Crippen molar-refractivity contribution in [2.45, 2.75) is 52.5 Å². The molecule has 28 heavy (non-hydrogen) atoms. The molecule has 0 aromatic heterocycles. The molecule has 1 N–H and O–H groups in total. The molecule has 0 saturated carbocycles. The van der Waals surface area contributed by atoms with E-state index >= 15 is 0 Å². The third kappa shape index (κ3) is 5.10. The van der Waals surface area contributed by atoms with E-state index < -0.39 is 0 Å². The number of benzene rings is 1. The van der Waals surface area contributed by atoms with Crippen molar-refractivity contribution in [1.29, 1.82) is 0 Å². The third-order valence-corrected chi connectivity index (χ3v) is 5.92. The largest absolute Gasteiger partial charge is 0.342 e. The van der Waals surface area contributed by atoms with Gasteiger partial charge in [0.2, 0.25) is 11.8 Å². The maximum atomic E-state index is 13.0. The fourth-order valence-electron chi connectivity index (χ4n) is 4.21. The van der Waals surface area contributed by atoms with Crippen LogP contribution in [0.15, 0.2) is 24.3 Å². The molecule has 2 fully saturated rings. The molecule has 5 nitrogen and oxygen atoms in total. The summed E-state index contributed by atoms with van der Waals surface area (Å²) < 4.78 is 13.0. The van der Waals surface area contributed by atoms with Gasteiger partial charge in [0.15, 0.2) is 0 Å². The van der Waals surface area contributed by atoms with E-state index in [-0.39, 0.29) is 29.0 Å². The van der Waals surface area contributed by atoms with Crippen molar-refractivity contribution < 1.29 is 14.0 Å². The number of carbonyl (C=O) groups is 2. The van der Waals surface area contributed by atoms with Gasteiger partial charge >= 0.3 is 0 Å². The average molecular weight is 390 g/mol. The Morgan fingerprint density at radius 1 is 0.964 bits per heavy atom. The maximum Gasteiger partial charge on any atom is 0.227 e. The van der Waals surface area contributed by atoms with Crippen molar-refractivity contribution in [1.82, 2.24) is 9.80 Å². The Morgan fingerprint density at radius 2 is 1.54 bits per heavy atom. The van der Waals surface area contributed by atoms with Crippen LogP contribution in [0.5, 0.6) is 0 Å². The topological polar surface area (TPSA) is 52.7 Å². The first-order valence-electron chi connectivity index (χ1n) is 10.3. The Hall–Kier alpha value is -1.95. The second-order valence-electron chi connectivity index (χ2n) is 9.08. The van der Waals surface area contributed by atoms with Crippen LogP contribution in [0.3, 0.4) is 0 Å². The Kier molecular flexibility index (Phi) is 6.38. The molecule has 0 atom stereocenters. The van der Waals surface area contributed by atoms with Gasteiger partial charge in [0.25, 0.3) is 0 Å². The molecule has 0 aliphatic carbocycles. The van der Waals surface area contributed by atoms with Gasteiger partial charge in [-0.1, -0.05) is 20.8 Å². The molecule has 2 aliphatic heterocycles. The number of nitrogens with one attached hydrogen (secondary N) is 1. The van der Waals surface area contributed by atoms with Crippen LogP contribution in [0.1, 0.15) is 46.5 Å². The summed E-state index contributed by atoms with van der Waals surface area (Å²) in [6.07, 6.45) is 3.70. The summed E-state index contributed by atoms with van der Waals surface area (Å²) in [5, 5.41) is 2.90. The van der Waals surface area contributed by atoms with Crippen LogP contribution in [-0.4, -0.2) is 53.8 Å². The van der Waals surface area contributed by atoms with Gasteiger partial charge < -0.3 is 15.1 Å². The molecule has 6 heteroatoms. The van der Waals surface area contributed by atoms with Gasteiger partial charge in [-0.05, 0) is 63.0 Å². The summed E-state index contributed by atoms with van der Waals surface area (Å²) in [5.41, 5.74) is 0.327. The number of anilines is 1. The van der Waals surface area contributed by atoms with Crippen LogP contribution in [0, 0.1) is 17.2 Å². The Labute approximate surface area is 167 Å². The molecular formula is C22H32FN3O2. The first-order valence-corrected chi connectivity index (χ1v) is 10.3. The molecule has 2 heterocycles. The lowest BCUT2D eigenvalue weighted by Crippen LogP contribution is -2.51. The summed E-state index contributed by atoms with van der Waals surface area (Å²) >= 11 is 0. The second-order valence-corrected chi connectivity index (χ2v) is 9.08. The smallest absolute Gasteiger partial charge is 0.227 e. The molecule has 2 aliphatic rings. The van der Waals surface area contributed by atoms with E-state index in [1.807, 2.05) is 25.7 Å². The highest BCUT2D eigenvalue weighted by Gasteiger charge is 2.34. The number of amides is 2. The number of nitrogens with zero attached hydrogens (tertiary/aromatic N) is 2. The molecule has 0 bridgehead atoms. The lowest BCUT2D eigenvalue weighted by molar-refractivity contribution is -0.141. The lowest BCUT2D eigenvalue weighted by Gasteiger charge is -2.42. The molecule has 1 aromatic rings. The van der Waals surface area contributed by atoms with Gasteiger partial charge in [0.05, 0.1) is 0 Å². The van der Waals surface area contributed by atoms with E-state index in [1.54, 1.807) is 12.1 Å². The van der Waals surface area contributed by atoms with Crippen LogP contribution >= 0.6 is 0 Å². The Bertz CT molecular complexity index is 683. The second kappa shape index (κ2) is 8.60. The number of likely N-dealkylation sites (tertiary alicyclic amines) is 2. The molecule has 2 saturated heterocycles. The number of hydrogen-bond donors (Lipinski definition) is 1. The van der Waals surface area contributed by atoms with E-state index in [0.717, 1.165) is 51.9 Å². The van der Waals surface area contributed by atoms with E-state index in [1.165, 1.54) is 12.1 Å². The fourth-order valence-corrected chi connectivity index (χ4v) is 4.21. The van der Waals surface area contributed by atoms with Crippen molar-refractivity contribution in [3.63, 3.8) is 0 Å². The van der Waals surface area contributed by atoms with E-state index in [4.69, 9.17) is 0 Å². The molecule has 0 radical (unpaired) electrons. The lowest BCUT2D eigenvalue weighted by atomic mass is 9.91. The van der Waals surface area contributed by atoms with Crippen LogP contribution < -0.4 is 5.32 Å². The third-order valence-electron chi connectivity index (χ3n) is 5.92. The van der Waals surface area contributed by atoms with Gasteiger partial charge in [-0.25, -0.2) is 4.39 Å². The van der Waals surface area contributed by atoms with Crippen molar-refractivity contribution in [2.75, 3.05) is 31.5 Å². The zero-order chi connectivity index (χ0) is 20.3. The number of rotatable bonds is 3. The quantitative estimate of drug-likeness (QED) is 0.861. The minimum absolute atomic E-state index is 0.00357. The Balaban J connectivity index is 1.44. The fraction of sp³-hybridized carbons (Fsp3) is 0.636. The predicted molar refractivity (Wildman–Crippen MR) is 108 cm³/mol. The van der Waals surface area contributed by atoms with Gasteiger partial charge in [0.1, 0.15) is 5.82 Å². The minimum atomic E-state index is -0.316. The normalized spacial score (nSPS) is 20.2. The van der Waals surface area contributed by atoms with Crippen molar-refractivity contribution in [2.24, 2.45) is 11.3 Å². The number of halogens is 1. The molecule has 0 unspecified atom stereocenters. The maximum absolute atomic E-state index is 13.0. The van der Waals surface area contributed by atoms with Gasteiger partial charge in [0, 0.05) is 36.2 Å². The zero-order valence-corrected chi connectivity index (χ0v) is 17.2. The minimum Gasteiger partial charge on any atom is -0.342 e. The first-order chi connectivity index (χ1) is 13.2. The summed E-state index contributed by atoms with van der Waals surface area (Å²) in [6, 6.07) is 6.40. The number of carbonyl (C=O) groups excluding carboxylic acids is 2. The highest BCUT2D eigenvalue weighted by Crippen LogP contribution is 2.27. The van der Waals surface area contributed by atoms with E-state index in [2.05, 4.69) is 10.2 Å². The van der Waals surface area contributed by atoms with Crippen LogP contribution in [0.4, 0.5) is 10.1 Å². The molecule has 3 rings (SSSR count). The van der Waals surface area contributed by atoms with Gasteiger partial charge in [-0.3, -0.25) is 9.59 Å². The molecule has 2 amide bonds.